The van der Waals surface area contributed by atoms with Crippen LogP contribution in [-0.4, -0.2) is 57.2 Å². The predicted octanol–water partition coefficient (Wildman–Crippen LogP) is 5.44. The highest BCUT2D eigenvalue weighted by Crippen LogP contribution is 2.66. The molecule has 0 atom stereocenters. The van der Waals surface area contributed by atoms with Crippen molar-refractivity contribution in [1.82, 2.24) is 18.8 Å². The lowest BCUT2D eigenvalue weighted by molar-refractivity contribution is -0.197. The van der Waals surface area contributed by atoms with Gasteiger partial charge < -0.3 is 4.74 Å². The number of sulfonamides is 1. The van der Waals surface area contributed by atoms with Crippen LogP contribution in [0.3, 0.4) is 0 Å². The van der Waals surface area contributed by atoms with Gasteiger partial charge in [-0.1, -0.05) is 0 Å². The summed E-state index contributed by atoms with van der Waals surface area (Å²) in [4.78, 5) is 20.4. The topological polar surface area (TPSA) is 94.4 Å². The van der Waals surface area contributed by atoms with Gasteiger partial charge in [-0.2, -0.15) is 17.5 Å². The summed E-state index contributed by atoms with van der Waals surface area (Å²) in [5.41, 5.74) is -7.07. The Bertz CT molecular complexity index is 1610. The normalized spacial score (nSPS) is 23.1. The predicted molar refractivity (Wildman–Crippen MR) is 125 cm³/mol. The number of aromatic nitrogens is 3. The molecule has 2 heterocycles. The summed E-state index contributed by atoms with van der Waals surface area (Å²) in [6, 6.07) is 0.779. The summed E-state index contributed by atoms with van der Waals surface area (Å²) in [7, 11) is -3.57. The highest BCUT2D eigenvalue weighted by atomic mass is 32.2. The highest BCUT2D eigenvalue weighted by Gasteiger charge is 2.73. The summed E-state index contributed by atoms with van der Waals surface area (Å²) in [5.74, 6) is -3.23. The van der Waals surface area contributed by atoms with E-state index in [9.17, 15) is 35.2 Å². The summed E-state index contributed by atoms with van der Waals surface area (Å²) in [6.07, 6.45) is -5.66. The van der Waals surface area contributed by atoms with Crippen LogP contribution in [0, 0.1) is 11.6 Å². The monoisotopic (exact) mass is 576 g/mol. The van der Waals surface area contributed by atoms with Gasteiger partial charge in [0.2, 0.25) is 0 Å². The van der Waals surface area contributed by atoms with Crippen molar-refractivity contribution in [3.63, 3.8) is 0 Å². The molecule has 6 rings (SSSR count). The Balaban J connectivity index is 1.84. The van der Waals surface area contributed by atoms with Gasteiger partial charge in [0.25, 0.3) is 10.0 Å². The molecule has 0 saturated heterocycles. The van der Waals surface area contributed by atoms with Gasteiger partial charge in [0.05, 0.1) is 23.5 Å². The summed E-state index contributed by atoms with van der Waals surface area (Å²) < 4.78 is 119. The van der Waals surface area contributed by atoms with Gasteiger partial charge in [-0.15, -0.1) is 0 Å². The number of alkyl halides is 4. The van der Waals surface area contributed by atoms with Gasteiger partial charge in [-0.05, 0) is 32.9 Å². The van der Waals surface area contributed by atoms with Crippen LogP contribution in [0.15, 0.2) is 29.6 Å². The number of halogens is 6. The second-order valence-corrected chi connectivity index (χ2v) is 12.9. The van der Waals surface area contributed by atoms with Crippen molar-refractivity contribution in [3.8, 4) is 11.4 Å². The van der Waals surface area contributed by atoms with Gasteiger partial charge in [0.15, 0.2) is 16.7 Å². The van der Waals surface area contributed by atoms with Crippen molar-refractivity contribution in [3.05, 3.63) is 41.7 Å². The van der Waals surface area contributed by atoms with Crippen molar-refractivity contribution >= 4 is 27.0 Å². The average molecular weight is 577 g/mol. The molecule has 0 aliphatic heterocycles. The molecule has 3 aliphatic carbocycles. The molecule has 0 radical (unpaired) electrons. The van der Waals surface area contributed by atoms with Crippen LogP contribution >= 0.6 is 0 Å². The molecule has 0 amide bonds. The van der Waals surface area contributed by atoms with Crippen molar-refractivity contribution < 1.29 is 44.3 Å². The molecule has 3 aliphatic rings. The molecule has 0 N–H and O–H groups in total. The largest absolute Gasteiger partial charge is 0.443 e. The van der Waals surface area contributed by atoms with E-state index in [0.717, 1.165) is 11.4 Å². The van der Waals surface area contributed by atoms with Crippen molar-refractivity contribution in [1.29, 1.82) is 0 Å². The third-order valence-electron chi connectivity index (χ3n) is 6.96. The quantitative estimate of drug-likeness (QED) is 0.384. The second-order valence-electron chi connectivity index (χ2n) is 10.9. The molecule has 1 aromatic carbocycles. The maximum Gasteiger partial charge on any atom is 0.420 e. The fourth-order valence-corrected chi connectivity index (χ4v) is 6.90. The molecule has 3 saturated carbocycles. The number of ether oxygens (including phenoxy) is 1. The average Bonchev–Trinajstić information content (AvgIpc) is 3.17. The molecule has 2 aromatic heterocycles. The fourth-order valence-electron chi connectivity index (χ4n) is 5.25. The first kappa shape index (κ1) is 27.4. The van der Waals surface area contributed by atoms with E-state index >= 15 is 4.39 Å². The van der Waals surface area contributed by atoms with E-state index in [2.05, 4.69) is 9.97 Å². The molecule has 210 valence electrons. The Morgan fingerprint density at radius 2 is 1.64 bits per heavy atom. The van der Waals surface area contributed by atoms with E-state index in [-0.39, 0.29) is 25.3 Å². The van der Waals surface area contributed by atoms with E-state index in [1.165, 1.54) is 20.8 Å². The number of nitrogens with zero attached hydrogens (tertiary/aromatic N) is 4. The lowest BCUT2D eigenvalue weighted by Gasteiger charge is -2.68. The van der Waals surface area contributed by atoms with Crippen molar-refractivity contribution in [2.75, 3.05) is 7.05 Å². The Morgan fingerprint density at radius 1 is 1.08 bits per heavy atom. The molecule has 3 aromatic rings. The van der Waals surface area contributed by atoms with E-state index in [1.807, 2.05) is 0 Å². The van der Waals surface area contributed by atoms with Crippen LogP contribution in [0.4, 0.5) is 31.1 Å². The maximum absolute atomic E-state index is 15.5. The highest BCUT2D eigenvalue weighted by molar-refractivity contribution is 7.89. The summed E-state index contributed by atoms with van der Waals surface area (Å²) in [5, 5.41) is -1.57. The SMILES string of the molecule is CN(C12CC(F)(C1)C2)S(=O)(=O)c1cc2c(-c3ncc(F)cn3)c(C(F)(F)F)cc(F)c2n1C(=O)OC(C)(C)C. The standard InChI is InChI=1S/C24H22F6N4O4S/c1-21(2,3)38-20(35)34-16(39(36,37)33(4)23-9-22(27,10-23)11-23)5-13-17(19-31-7-12(25)8-32-19)14(24(28,29)30)6-15(26)18(13)34/h5-8H,9-11H2,1-4H3. The Labute approximate surface area is 218 Å². The van der Waals surface area contributed by atoms with Crippen molar-refractivity contribution in [2.45, 2.75) is 68.0 Å². The first-order valence-electron chi connectivity index (χ1n) is 11.6. The Morgan fingerprint density at radius 3 is 2.13 bits per heavy atom. The molecule has 39 heavy (non-hydrogen) atoms. The minimum Gasteiger partial charge on any atom is -0.443 e. The first-order valence-corrected chi connectivity index (χ1v) is 13.1. The molecular weight excluding hydrogens is 554 g/mol. The fraction of sp³-hybridized carbons (Fsp3) is 0.458. The molecule has 3 fully saturated rings. The smallest absolute Gasteiger partial charge is 0.420 e. The second kappa shape index (κ2) is 8.16. The number of carbonyl (C=O) groups excluding carboxylic acids is 1. The minimum atomic E-state index is -5.17. The molecule has 15 heteroatoms. The Hall–Kier alpha value is -3.20. The zero-order valence-corrected chi connectivity index (χ0v) is 21.8. The van der Waals surface area contributed by atoms with Crippen LogP contribution in [0.2, 0.25) is 0 Å². The van der Waals surface area contributed by atoms with Crippen LogP contribution in [0.25, 0.3) is 22.3 Å². The van der Waals surface area contributed by atoms with E-state index in [0.29, 0.717) is 23.0 Å². The van der Waals surface area contributed by atoms with Gasteiger partial charge in [0.1, 0.15) is 17.1 Å². The number of rotatable bonds is 4. The zero-order valence-electron chi connectivity index (χ0n) is 21.0. The molecule has 0 unspecified atom stereocenters. The lowest BCUT2D eigenvalue weighted by Crippen LogP contribution is -2.76. The minimum absolute atomic E-state index is 0.0827. The number of hydrogen-bond acceptors (Lipinski definition) is 6. The van der Waals surface area contributed by atoms with Crippen LogP contribution in [-0.2, 0) is 20.9 Å². The number of hydrogen-bond donors (Lipinski definition) is 0. The van der Waals surface area contributed by atoms with Gasteiger partial charge >= 0.3 is 12.3 Å². The maximum atomic E-state index is 15.5. The molecule has 0 spiro atoms. The van der Waals surface area contributed by atoms with Crippen molar-refractivity contribution in [2.24, 2.45) is 0 Å². The summed E-state index contributed by atoms with van der Waals surface area (Å²) >= 11 is 0. The van der Waals surface area contributed by atoms with Crippen LogP contribution < -0.4 is 0 Å². The first-order chi connectivity index (χ1) is 17.8. The van der Waals surface area contributed by atoms with E-state index in [1.54, 1.807) is 0 Å². The van der Waals surface area contributed by atoms with Gasteiger partial charge in [0, 0.05) is 42.8 Å². The summed E-state index contributed by atoms with van der Waals surface area (Å²) in [6.45, 7) is 4.36. The number of carbonyl (C=O) groups is 1. The van der Waals surface area contributed by atoms with Crippen LogP contribution in [0.1, 0.15) is 45.6 Å². The zero-order chi connectivity index (χ0) is 28.9. The van der Waals surface area contributed by atoms with E-state index < -0.39 is 83.6 Å². The Kier molecular flexibility index (Phi) is 5.73. The molecule has 2 bridgehead atoms. The van der Waals surface area contributed by atoms with Gasteiger partial charge in [-0.3, -0.25) is 0 Å². The van der Waals surface area contributed by atoms with Gasteiger partial charge in [-0.25, -0.2) is 40.9 Å². The molecular formula is C24H22F6N4O4S. The third kappa shape index (κ3) is 4.26. The van der Waals surface area contributed by atoms with E-state index in [4.69, 9.17) is 4.74 Å². The third-order valence-corrected chi connectivity index (χ3v) is 8.90. The molecule has 8 nitrogen and oxygen atoms in total. The number of benzene rings is 1. The lowest BCUT2D eigenvalue weighted by atomic mass is 9.47. The number of fused-ring (bicyclic) bond motifs is 1. The van der Waals surface area contributed by atoms with Crippen LogP contribution in [0.5, 0.6) is 0 Å².